The minimum absolute atomic E-state index is 0.0463. The number of aliphatic hydroxyl groups is 1. The smallest absolute Gasteiger partial charge is 0.482 e. The first-order valence-electron chi connectivity index (χ1n) is 21.8. The van der Waals surface area contributed by atoms with E-state index in [-0.39, 0.29) is 54.6 Å². The second-order valence-electron chi connectivity index (χ2n) is 19.3. The van der Waals surface area contributed by atoms with E-state index in [1.54, 1.807) is 31.2 Å². The van der Waals surface area contributed by atoms with Crippen molar-refractivity contribution in [3.05, 3.63) is 98.7 Å². The number of phosphoric ester groups is 1. The lowest BCUT2D eigenvalue weighted by Gasteiger charge is -2.62. The molecule has 1 amide bonds. The van der Waals surface area contributed by atoms with Crippen molar-refractivity contribution in [2.75, 3.05) is 13.2 Å². The Bertz CT molecular complexity index is 2640. The number of ketones is 2. The lowest BCUT2D eigenvalue weighted by molar-refractivity contribution is -0.182. The van der Waals surface area contributed by atoms with Gasteiger partial charge in [0.25, 0.3) is 0 Å². The van der Waals surface area contributed by atoms with E-state index >= 15 is 4.79 Å². The van der Waals surface area contributed by atoms with Crippen LogP contribution in [0.4, 0.5) is 0 Å². The second kappa shape index (κ2) is 14.8. The molecule has 2 aromatic rings. The molecule has 3 saturated carbocycles. The Balaban J connectivity index is 1.39. The van der Waals surface area contributed by atoms with Gasteiger partial charge < -0.3 is 29.2 Å². The van der Waals surface area contributed by atoms with E-state index < -0.39 is 59.8 Å². The molecule has 4 aliphatic heterocycles. The van der Waals surface area contributed by atoms with Crippen LogP contribution in [0.3, 0.4) is 0 Å². The number of Topliss-reactive ketones (excluding diaryl/α,β-unsaturated/α-hetero) is 2. The molecule has 63 heavy (non-hydrogen) atoms. The predicted octanol–water partition coefficient (Wildman–Crippen LogP) is 7.56. The van der Waals surface area contributed by atoms with Gasteiger partial charge in [0, 0.05) is 58.6 Å². The van der Waals surface area contributed by atoms with Crippen molar-refractivity contribution in [1.29, 1.82) is 0 Å². The Kier molecular flexibility index (Phi) is 10.2. The SMILES string of the molecule is CC(C)=CCCC1(C)C=Cc2c(c(CC=C(C)C)c3c(c2OP(=O)(O)O)C2=C4C(C5CC6C(C)(C)OC(CC=C(C)C(=O)NCCO)(C5=O)C46O3)C3C(=O)c4ccccc4C3=N2)O1. The van der Waals surface area contributed by atoms with Gasteiger partial charge in [-0.3, -0.25) is 29.2 Å². The number of benzene rings is 2. The summed E-state index contributed by atoms with van der Waals surface area (Å²) in [6, 6.07) is 7.24. The second-order valence-corrected chi connectivity index (χ2v) is 20.4. The Labute approximate surface area is 367 Å². The van der Waals surface area contributed by atoms with E-state index in [9.17, 15) is 29.0 Å². The Morgan fingerprint density at radius 2 is 1.71 bits per heavy atom. The molecule has 4 bridgehead atoms. The zero-order valence-corrected chi connectivity index (χ0v) is 37.9. The van der Waals surface area contributed by atoms with Crippen molar-refractivity contribution in [2.24, 2.45) is 28.7 Å². The number of fused-ring (bicyclic) bond motifs is 6. The van der Waals surface area contributed by atoms with E-state index in [4.69, 9.17) is 23.7 Å². The summed E-state index contributed by atoms with van der Waals surface area (Å²) in [6.45, 7) is 15.3. The molecule has 1 saturated heterocycles. The summed E-state index contributed by atoms with van der Waals surface area (Å²) in [5.74, 6) is -3.28. The highest BCUT2D eigenvalue weighted by Gasteiger charge is 2.84. The quantitative estimate of drug-likeness (QED) is 0.0935. The summed E-state index contributed by atoms with van der Waals surface area (Å²) < 4.78 is 40.8. The fourth-order valence-corrected chi connectivity index (χ4v) is 12.0. The molecule has 4 heterocycles. The topological polar surface area (TPSA) is 190 Å². The average Bonchev–Trinajstić information content (AvgIpc) is 3.57. The summed E-state index contributed by atoms with van der Waals surface area (Å²) in [7, 11) is -5.28. The Morgan fingerprint density at radius 3 is 2.40 bits per heavy atom. The third-order valence-corrected chi connectivity index (χ3v) is 14.6. The number of carbonyl (C=O) groups is 3. The average molecular weight is 879 g/mol. The number of aliphatic imine (C=N–C) groups is 1. The van der Waals surface area contributed by atoms with Gasteiger partial charge in [0.2, 0.25) is 5.91 Å². The first-order valence-corrected chi connectivity index (χ1v) is 23.3. The molecule has 0 radical (unpaired) electrons. The van der Waals surface area contributed by atoms with Crippen molar-refractivity contribution in [3.8, 4) is 17.2 Å². The largest absolute Gasteiger partial charge is 0.524 e. The number of nitrogens with one attached hydrogen (secondary N) is 1. The number of ether oxygens (including phenoxy) is 3. The van der Waals surface area contributed by atoms with Crippen molar-refractivity contribution in [1.82, 2.24) is 5.32 Å². The molecule has 8 aliphatic rings. The van der Waals surface area contributed by atoms with Crippen LogP contribution in [0.5, 0.6) is 17.2 Å². The standard InChI is InChI=1S/C49H55N2O11P/c1-25(2)12-11-19-47(8)20-18-31-41(59-47)30(16-15-26(3)4)42-36(43(31)61-63(56,57)58)39-37-34(35-38(51-39)28-13-9-10-14-29(28)40(35)53)32-24-33-46(6,7)62-48(44(32)54,49(33,37)60-42)21-17-27(5)45(55)50-22-23-52/h9-10,12-15,17-18,20,32-35,52H,11,16,19,21-24H2,1-8H3,(H,50,55)(H2,56,57,58). The number of rotatable bonds is 12. The van der Waals surface area contributed by atoms with Crippen molar-refractivity contribution in [3.63, 3.8) is 0 Å². The minimum Gasteiger partial charge on any atom is -0.482 e. The van der Waals surface area contributed by atoms with Gasteiger partial charge in [0.15, 0.2) is 28.5 Å². The molecule has 4 fully saturated rings. The molecule has 4 N–H and O–H groups in total. The van der Waals surface area contributed by atoms with Gasteiger partial charge in [-0.25, -0.2) is 4.57 Å². The highest BCUT2D eigenvalue weighted by molar-refractivity contribution is 7.46. The number of hydrogen-bond donors (Lipinski definition) is 4. The number of phosphoric acid groups is 1. The van der Waals surface area contributed by atoms with E-state index in [2.05, 4.69) is 11.4 Å². The number of allylic oxidation sites excluding steroid dienone is 4. The van der Waals surface area contributed by atoms with Crippen LogP contribution in [0, 0.1) is 23.7 Å². The van der Waals surface area contributed by atoms with Crippen LogP contribution < -0.4 is 19.3 Å². The van der Waals surface area contributed by atoms with Gasteiger partial charge >= 0.3 is 7.82 Å². The molecule has 4 aliphatic carbocycles. The molecule has 0 aromatic heterocycles. The van der Waals surface area contributed by atoms with E-state index in [0.29, 0.717) is 69.8 Å². The summed E-state index contributed by atoms with van der Waals surface area (Å²) in [5, 5.41) is 12.1. The van der Waals surface area contributed by atoms with E-state index in [0.717, 1.165) is 11.1 Å². The number of aliphatic hydroxyl groups excluding tert-OH is 1. The van der Waals surface area contributed by atoms with Crippen molar-refractivity contribution < 1.29 is 52.6 Å². The highest BCUT2D eigenvalue weighted by atomic mass is 31.2. The lowest BCUT2D eigenvalue weighted by atomic mass is 9.43. The number of hydrogen-bond acceptors (Lipinski definition) is 10. The zero-order valence-electron chi connectivity index (χ0n) is 37.0. The molecule has 13 nitrogen and oxygen atoms in total. The maximum absolute atomic E-state index is 15.7. The molecule has 2 aromatic carbocycles. The normalized spacial score (nSPS) is 30.0. The molecule has 14 heteroatoms. The maximum atomic E-state index is 15.7. The maximum Gasteiger partial charge on any atom is 0.524 e. The minimum atomic E-state index is -5.28. The van der Waals surface area contributed by atoms with E-state index in [1.165, 1.54) is 0 Å². The van der Waals surface area contributed by atoms with Gasteiger partial charge in [0.05, 0.1) is 40.7 Å². The van der Waals surface area contributed by atoms with Crippen LogP contribution in [0.2, 0.25) is 0 Å². The third kappa shape index (κ3) is 6.43. The zero-order chi connectivity index (χ0) is 45.2. The van der Waals surface area contributed by atoms with Crippen LogP contribution in [0.1, 0.15) is 114 Å². The monoisotopic (exact) mass is 878 g/mol. The van der Waals surface area contributed by atoms with Crippen LogP contribution in [0.25, 0.3) is 11.8 Å². The summed E-state index contributed by atoms with van der Waals surface area (Å²) in [5.41, 5.74) is 0.850. The first-order chi connectivity index (χ1) is 29.7. The summed E-state index contributed by atoms with van der Waals surface area (Å²) in [6.07, 6.45) is 11.3. The highest BCUT2D eigenvalue weighted by Crippen LogP contribution is 2.75. The van der Waals surface area contributed by atoms with Gasteiger partial charge in [0.1, 0.15) is 17.1 Å². The number of nitrogens with zero attached hydrogens (tertiary/aromatic N) is 1. The predicted molar refractivity (Wildman–Crippen MR) is 237 cm³/mol. The van der Waals surface area contributed by atoms with Crippen LogP contribution >= 0.6 is 7.82 Å². The van der Waals surface area contributed by atoms with E-state index in [1.807, 2.05) is 72.8 Å². The van der Waals surface area contributed by atoms with Crippen LogP contribution in [-0.4, -0.2) is 73.6 Å². The van der Waals surface area contributed by atoms with Crippen molar-refractivity contribution >= 4 is 42.8 Å². The number of amides is 1. The number of carbonyl (C=O) groups excluding carboxylic acids is 3. The Morgan fingerprint density at radius 1 is 1.00 bits per heavy atom. The van der Waals surface area contributed by atoms with Crippen molar-refractivity contribution in [2.45, 2.75) is 110 Å². The lowest BCUT2D eigenvalue weighted by Crippen LogP contribution is -2.75. The fraction of sp³-hybridized carbons (Fsp3) is 0.469. The van der Waals surface area contributed by atoms with Gasteiger partial charge in [-0.05, 0) is 93.2 Å². The Hall–Kier alpha value is -4.91. The molecule has 1 spiro atoms. The summed E-state index contributed by atoms with van der Waals surface area (Å²) >= 11 is 0. The molecule has 7 unspecified atom stereocenters. The molecular weight excluding hydrogens is 824 g/mol. The molecule has 332 valence electrons. The van der Waals surface area contributed by atoms with Crippen LogP contribution in [0.15, 0.2) is 75.9 Å². The molecule has 10 rings (SSSR count). The molecule has 7 atom stereocenters. The van der Waals surface area contributed by atoms with Crippen LogP contribution in [-0.2, 0) is 25.3 Å². The fourth-order valence-electron chi connectivity index (χ4n) is 11.6. The van der Waals surface area contributed by atoms with Gasteiger partial charge in [-0.15, -0.1) is 0 Å². The first kappa shape index (κ1) is 43.3. The summed E-state index contributed by atoms with van der Waals surface area (Å²) in [4.78, 5) is 70.4. The van der Waals surface area contributed by atoms with Gasteiger partial charge in [-0.2, -0.15) is 0 Å². The third-order valence-electron chi connectivity index (χ3n) is 14.1. The van der Waals surface area contributed by atoms with Gasteiger partial charge in [-0.1, -0.05) is 53.6 Å². The molecular formula is C49H55N2O11P.